The highest BCUT2D eigenvalue weighted by Gasteiger charge is 2.26. The zero-order valence-corrected chi connectivity index (χ0v) is 13.8. The minimum absolute atomic E-state index is 0.0370. The summed E-state index contributed by atoms with van der Waals surface area (Å²) < 4.78 is 8.18. The van der Waals surface area contributed by atoms with Crippen LogP contribution in [-0.2, 0) is 11.3 Å². The van der Waals surface area contributed by atoms with E-state index in [0.717, 1.165) is 29.8 Å². The summed E-state index contributed by atoms with van der Waals surface area (Å²) >= 11 is 3.37. The lowest BCUT2D eigenvalue weighted by molar-refractivity contribution is -0.928. The molecule has 0 aliphatic carbocycles. The molecule has 2 aromatic heterocycles. The average molecular weight is 353 g/mol. The summed E-state index contributed by atoms with van der Waals surface area (Å²) in [5.41, 5.74) is 1.50. The van der Waals surface area contributed by atoms with E-state index in [1.54, 1.807) is 16.7 Å². The highest BCUT2D eigenvalue weighted by molar-refractivity contribution is 9.10. The minimum atomic E-state index is -0.0370. The highest BCUT2D eigenvalue weighted by Crippen LogP contribution is 2.09. The minimum Gasteiger partial charge on any atom is -0.364 e. The van der Waals surface area contributed by atoms with Crippen molar-refractivity contribution in [1.29, 1.82) is 0 Å². The van der Waals surface area contributed by atoms with Gasteiger partial charge in [-0.3, -0.25) is 9.20 Å². The predicted octanol–water partition coefficient (Wildman–Crippen LogP) is 0.649. The summed E-state index contributed by atoms with van der Waals surface area (Å²) in [4.78, 5) is 18.2. The van der Waals surface area contributed by atoms with Gasteiger partial charge >= 0.3 is 0 Å². The zero-order valence-electron chi connectivity index (χ0n) is 12.2. The van der Waals surface area contributed by atoms with Crippen LogP contribution in [0.1, 0.15) is 19.5 Å². The lowest BCUT2D eigenvalue weighted by Gasteiger charge is -2.32. The number of aromatic nitrogens is 2. The molecule has 1 saturated heterocycles. The fraction of sp³-hybridized carbons (Fsp3) is 0.467. The van der Waals surface area contributed by atoms with Crippen LogP contribution < -0.4 is 10.5 Å². The van der Waals surface area contributed by atoms with Crippen LogP contribution in [0.5, 0.6) is 0 Å². The van der Waals surface area contributed by atoms with Gasteiger partial charge in [0.25, 0.3) is 5.56 Å². The molecule has 0 spiro atoms. The van der Waals surface area contributed by atoms with Gasteiger partial charge < -0.3 is 9.64 Å². The van der Waals surface area contributed by atoms with Gasteiger partial charge in [0.15, 0.2) is 0 Å². The molecule has 3 rings (SSSR count). The number of ether oxygens (including phenoxy) is 1. The Hall–Kier alpha value is -1.24. The van der Waals surface area contributed by atoms with Crippen molar-refractivity contribution in [2.24, 2.45) is 0 Å². The summed E-state index contributed by atoms with van der Waals surface area (Å²) in [6.07, 6.45) is 2.25. The van der Waals surface area contributed by atoms with E-state index in [1.807, 2.05) is 12.1 Å². The third-order valence-electron chi connectivity index (χ3n) is 3.72. The van der Waals surface area contributed by atoms with Crippen LogP contribution in [0.2, 0.25) is 0 Å². The fourth-order valence-electron chi connectivity index (χ4n) is 3.01. The number of pyridine rings is 1. The Bertz CT molecular complexity index is 706. The van der Waals surface area contributed by atoms with Crippen LogP contribution >= 0.6 is 15.9 Å². The van der Waals surface area contributed by atoms with Gasteiger partial charge in [-0.2, -0.15) is 0 Å². The first-order valence-electron chi connectivity index (χ1n) is 7.18. The van der Waals surface area contributed by atoms with E-state index in [9.17, 15) is 4.79 Å². The summed E-state index contributed by atoms with van der Waals surface area (Å²) in [6.45, 7) is 6.85. The van der Waals surface area contributed by atoms with Gasteiger partial charge in [-0.05, 0) is 41.9 Å². The molecule has 112 valence electrons. The van der Waals surface area contributed by atoms with Crippen molar-refractivity contribution in [3.05, 3.63) is 44.9 Å². The molecule has 3 heterocycles. The summed E-state index contributed by atoms with van der Waals surface area (Å²) in [6, 6.07) is 5.39. The van der Waals surface area contributed by atoms with Gasteiger partial charge in [0.1, 0.15) is 43.2 Å². The second-order valence-electron chi connectivity index (χ2n) is 5.75. The standard InChI is InChI=1S/C15H18BrN3O2/c1-10-6-18(7-11(2)21-10)9-13-5-15(20)19-8-12(16)3-4-14(19)17-13/h3-5,8,10-11H,6-7,9H2,1-2H3/p+1/t10-,11-/m1/s1. The normalized spacial score (nSPS) is 26.1. The second-order valence-corrected chi connectivity index (χ2v) is 6.67. The Labute approximate surface area is 131 Å². The zero-order chi connectivity index (χ0) is 15.0. The van der Waals surface area contributed by atoms with Gasteiger partial charge in [-0.25, -0.2) is 4.98 Å². The first-order chi connectivity index (χ1) is 10.0. The maximum absolute atomic E-state index is 12.2. The molecule has 2 aromatic rings. The Kier molecular flexibility index (Phi) is 4.10. The van der Waals surface area contributed by atoms with Crippen LogP contribution in [0, 0.1) is 0 Å². The van der Waals surface area contributed by atoms with E-state index >= 15 is 0 Å². The number of hydrogen-bond acceptors (Lipinski definition) is 3. The maximum atomic E-state index is 12.2. The molecule has 6 heteroatoms. The molecule has 21 heavy (non-hydrogen) atoms. The molecular weight excluding hydrogens is 334 g/mol. The Balaban J connectivity index is 1.87. The lowest BCUT2D eigenvalue weighted by atomic mass is 10.2. The van der Waals surface area contributed by atoms with Crippen LogP contribution in [0.4, 0.5) is 0 Å². The van der Waals surface area contributed by atoms with Crippen LogP contribution in [0.3, 0.4) is 0 Å². The van der Waals surface area contributed by atoms with Gasteiger partial charge in [-0.1, -0.05) is 0 Å². The number of nitrogens with one attached hydrogen (secondary N) is 1. The molecular formula is C15H19BrN3O2+. The van der Waals surface area contributed by atoms with Crippen molar-refractivity contribution >= 4 is 21.6 Å². The van der Waals surface area contributed by atoms with E-state index in [2.05, 4.69) is 34.8 Å². The Morgan fingerprint density at radius 3 is 2.81 bits per heavy atom. The molecule has 0 saturated carbocycles. The Morgan fingerprint density at radius 2 is 2.10 bits per heavy atom. The molecule has 1 aliphatic rings. The first kappa shape index (κ1) is 14.7. The van der Waals surface area contributed by atoms with Crippen molar-refractivity contribution < 1.29 is 9.64 Å². The maximum Gasteiger partial charge on any atom is 0.258 e. The smallest absolute Gasteiger partial charge is 0.258 e. The van der Waals surface area contributed by atoms with Crippen LogP contribution in [-0.4, -0.2) is 34.7 Å². The molecule has 0 radical (unpaired) electrons. The fourth-order valence-corrected chi connectivity index (χ4v) is 3.34. The SMILES string of the molecule is C[C@@H]1C[NH+](Cc2cc(=O)n3cc(Br)ccc3n2)C[C@@H](C)O1. The third kappa shape index (κ3) is 3.33. The van der Waals surface area contributed by atoms with Crippen molar-refractivity contribution in [2.75, 3.05) is 13.1 Å². The van der Waals surface area contributed by atoms with Crippen molar-refractivity contribution in [3.63, 3.8) is 0 Å². The van der Waals surface area contributed by atoms with E-state index in [4.69, 9.17) is 4.74 Å². The van der Waals surface area contributed by atoms with Crippen LogP contribution in [0.25, 0.3) is 5.65 Å². The second kappa shape index (κ2) is 5.87. The van der Waals surface area contributed by atoms with Gasteiger partial charge in [0.05, 0.1) is 0 Å². The summed E-state index contributed by atoms with van der Waals surface area (Å²) in [5, 5.41) is 0. The molecule has 0 unspecified atom stereocenters. The number of quaternary nitrogens is 1. The number of morpholine rings is 1. The predicted molar refractivity (Wildman–Crippen MR) is 83.6 cm³/mol. The molecule has 1 aliphatic heterocycles. The molecule has 5 nitrogen and oxygen atoms in total. The van der Waals surface area contributed by atoms with E-state index in [0.29, 0.717) is 5.65 Å². The molecule has 0 aromatic carbocycles. The average Bonchev–Trinajstić information content (AvgIpc) is 2.38. The van der Waals surface area contributed by atoms with Crippen LogP contribution in [0.15, 0.2) is 33.7 Å². The van der Waals surface area contributed by atoms with E-state index in [1.165, 1.54) is 4.90 Å². The van der Waals surface area contributed by atoms with Crippen molar-refractivity contribution in [2.45, 2.75) is 32.6 Å². The van der Waals surface area contributed by atoms with E-state index in [-0.39, 0.29) is 17.8 Å². The monoisotopic (exact) mass is 352 g/mol. The molecule has 0 amide bonds. The van der Waals surface area contributed by atoms with Gasteiger partial charge in [-0.15, -0.1) is 0 Å². The lowest BCUT2D eigenvalue weighted by Crippen LogP contribution is -3.14. The number of hydrogen-bond donors (Lipinski definition) is 1. The third-order valence-corrected chi connectivity index (χ3v) is 4.19. The quantitative estimate of drug-likeness (QED) is 0.863. The Morgan fingerprint density at radius 1 is 1.38 bits per heavy atom. The summed E-state index contributed by atoms with van der Waals surface area (Å²) in [5.74, 6) is 0. The number of rotatable bonds is 2. The molecule has 1 fully saturated rings. The van der Waals surface area contributed by atoms with E-state index < -0.39 is 0 Å². The van der Waals surface area contributed by atoms with Gasteiger partial charge in [0, 0.05) is 16.7 Å². The molecule has 2 atom stereocenters. The first-order valence-corrected chi connectivity index (χ1v) is 7.97. The molecule has 1 N–H and O–H groups in total. The highest BCUT2D eigenvalue weighted by atomic mass is 79.9. The molecule has 0 bridgehead atoms. The van der Waals surface area contributed by atoms with Crippen molar-refractivity contribution in [3.8, 4) is 0 Å². The largest absolute Gasteiger partial charge is 0.364 e. The topological polar surface area (TPSA) is 48.0 Å². The number of halogens is 1. The van der Waals surface area contributed by atoms with Crippen molar-refractivity contribution in [1.82, 2.24) is 9.38 Å². The van der Waals surface area contributed by atoms with Gasteiger partial charge in [0.2, 0.25) is 0 Å². The number of nitrogens with zero attached hydrogens (tertiary/aromatic N) is 2. The summed E-state index contributed by atoms with van der Waals surface area (Å²) in [7, 11) is 0. The number of fused-ring (bicyclic) bond motifs is 1.